The molecular weight excluding hydrogens is 269 g/mol. The van der Waals surface area contributed by atoms with Gasteiger partial charge in [-0.2, -0.15) is 0 Å². The molecule has 5 nitrogen and oxygen atoms in total. The number of sulfonamides is 1. The summed E-state index contributed by atoms with van der Waals surface area (Å²) in [6, 6.07) is 4.47. The third kappa shape index (κ3) is 2.99. The fraction of sp³-hybridized carbons (Fsp3) is 0.250. The highest BCUT2D eigenvalue weighted by atomic mass is 32.2. The van der Waals surface area contributed by atoms with Gasteiger partial charge >= 0.3 is 0 Å². The van der Waals surface area contributed by atoms with Crippen LogP contribution in [0.5, 0.6) is 0 Å². The lowest BCUT2D eigenvalue weighted by Gasteiger charge is -2.08. The standard InChI is InChI=1S/C12H14FN3O2S/c1-8-5-11(13)4-3-10(8)6-16-7-12(15-9(16)2)19(14,17)18/h3-5,7H,6H2,1-2H3,(H2,14,17,18). The number of halogens is 1. The Kier molecular flexibility index (Phi) is 3.42. The van der Waals surface area contributed by atoms with E-state index in [0.29, 0.717) is 12.4 Å². The largest absolute Gasteiger partial charge is 0.329 e. The van der Waals surface area contributed by atoms with Gasteiger partial charge in [-0.25, -0.2) is 22.9 Å². The number of hydrogen-bond donors (Lipinski definition) is 1. The van der Waals surface area contributed by atoms with Crippen molar-refractivity contribution in [3.8, 4) is 0 Å². The molecule has 1 aromatic carbocycles. The van der Waals surface area contributed by atoms with E-state index in [-0.39, 0.29) is 10.8 Å². The summed E-state index contributed by atoms with van der Waals surface area (Å²) in [7, 11) is -3.81. The molecule has 0 fully saturated rings. The zero-order chi connectivity index (χ0) is 14.2. The van der Waals surface area contributed by atoms with E-state index in [1.807, 2.05) is 0 Å². The Hall–Kier alpha value is -1.73. The van der Waals surface area contributed by atoms with Gasteiger partial charge in [-0.1, -0.05) is 6.07 Å². The normalized spacial score (nSPS) is 11.8. The van der Waals surface area contributed by atoms with Crippen LogP contribution in [-0.4, -0.2) is 18.0 Å². The van der Waals surface area contributed by atoms with Gasteiger partial charge in [-0.15, -0.1) is 0 Å². The minimum absolute atomic E-state index is 0.162. The number of primary sulfonamides is 1. The van der Waals surface area contributed by atoms with Crippen LogP contribution in [0.25, 0.3) is 0 Å². The first-order valence-electron chi connectivity index (χ1n) is 5.59. The molecule has 2 N–H and O–H groups in total. The minimum atomic E-state index is -3.81. The summed E-state index contributed by atoms with van der Waals surface area (Å²) in [5.41, 5.74) is 1.69. The van der Waals surface area contributed by atoms with Gasteiger partial charge in [0.1, 0.15) is 11.6 Å². The lowest BCUT2D eigenvalue weighted by molar-refractivity contribution is 0.594. The zero-order valence-electron chi connectivity index (χ0n) is 10.6. The fourth-order valence-electron chi connectivity index (χ4n) is 1.80. The summed E-state index contributed by atoms with van der Waals surface area (Å²) in [5.74, 6) is 0.238. The third-order valence-corrected chi connectivity index (χ3v) is 3.67. The van der Waals surface area contributed by atoms with Crippen LogP contribution in [0.15, 0.2) is 29.4 Å². The second-order valence-corrected chi connectivity index (χ2v) is 5.88. The highest BCUT2D eigenvalue weighted by Crippen LogP contribution is 2.14. The summed E-state index contributed by atoms with van der Waals surface area (Å²) in [4.78, 5) is 3.90. The molecule has 0 spiro atoms. The second-order valence-electron chi connectivity index (χ2n) is 4.37. The summed E-state index contributed by atoms with van der Waals surface area (Å²) < 4.78 is 37.1. The van der Waals surface area contributed by atoms with Crippen molar-refractivity contribution >= 4 is 10.0 Å². The number of nitrogens with two attached hydrogens (primary N) is 1. The van der Waals surface area contributed by atoms with E-state index in [4.69, 9.17) is 5.14 Å². The molecule has 0 aliphatic rings. The number of benzene rings is 1. The van der Waals surface area contributed by atoms with E-state index < -0.39 is 10.0 Å². The average Bonchev–Trinajstić information content (AvgIpc) is 2.64. The molecule has 0 aliphatic heterocycles. The lowest BCUT2D eigenvalue weighted by Crippen LogP contribution is -2.12. The van der Waals surface area contributed by atoms with Gasteiger partial charge in [-0.3, -0.25) is 0 Å². The van der Waals surface area contributed by atoms with Crippen molar-refractivity contribution < 1.29 is 12.8 Å². The number of aryl methyl sites for hydroxylation is 2. The van der Waals surface area contributed by atoms with Gasteiger partial charge in [0, 0.05) is 12.7 Å². The first kappa shape index (κ1) is 13.7. The van der Waals surface area contributed by atoms with E-state index in [2.05, 4.69) is 4.98 Å². The van der Waals surface area contributed by atoms with Crippen LogP contribution in [0.1, 0.15) is 17.0 Å². The molecule has 7 heteroatoms. The molecule has 2 rings (SSSR count). The molecule has 1 heterocycles. The molecule has 0 bridgehead atoms. The van der Waals surface area contributed by atoms with Crippen molar-refractivity contribution in [2.24, 2.45) is 5.14 Å². The van der Waals surface area contributed by atoms with Crippen LogP contribution < -0.4 is 5.14 Å². The molecule has 102 valence electrons. The first-order chi connectivity index (χ1) is 8.77. The summed E-state index contributed by atoms with van der Waals surface area (Å²) in [6.07, 6.45) is 1.38. The predicted molar refractivity (Wildman–Crippen MR) is 68.6 cm³/mol. The number of nitrogens with zero attached hydrogens (tertiary/aromatic N) is 2. The number of hydrogen-bond acceptors (Lipinski definition) is 3. The van der Waals surface area contributed by atoms with E-state index in [0.717, 1.165) is 11.1 Å². The van der Waals surface area contributed by atoms with Crippen LogP contribution in [0.3, 0.4) is 0 Å². The number of imidazole rings is 1. The molecule has 0 saturated carbocycles. The maximum Gasteiger partial charge on any atom is 0.257 e. The number of aromatic nitrogens is 2. The van der Waals surface area contributed by atoms with Crippen LogP contribution in [-0.2, 0) is 16.6 Å². The van der Waals surface area contributed by atoms with Gasteiger partial charge < -0.3 is 4.57 Å². The van der Waals surface area contributed by atoms with Gasteiger partial charge in [0.2, 0.25) is 0 Å². The quantitative estimate of drug-likeness (QED) is 0.923. The van der Waals surface area contributed by atoms with Crippen molar-refractivity contribution in [2.45, 2.75) is 25.4 Å². The predicted octanol–water partition coefficient (Wildman–Crippen LogP) is 1.33. The highest BCUT2D eigenvalue weighted by Gasteiger charge is 2.14. The Morgan fingerprint density at radius 2 is 2.05 bits per heavy atom. The second kappa shape index (κ2) is 4.75. The maximum atomic E-state index is 13.0. The van der Waals surface area contributed by atoms with Crippen molar-refractivity contribution in [2.75, 3.05) is 0 Å². The topological polar surface area (TPSA) is 78.0 Å². The highest BCUT2D eigenvalue weighted by molar-refractivity contribution is 7.89. The minimum Gasteiger partial charge on any atom is -0.329 e. The molecule has 0 radical (unpaired) electrons. The third-order valence-electron chi connectivity index (χ3n) is 2.89. The number of rotatable bonds is 3. The van der Waals surface area contributed by atoms with Crippen LogP contribution >= 0.6 is 0 Å². The molecule has 2 aromatic rings. The summed E-state index contributed by atoms with van der Waals surface area (Å²) in [6.45, 7) is 3.90. The zero-order valence-corrected chi connectivity index (χ0v) is 11.4. The molecular formula is C12H14FN3O2S. The summed E-state index contributed by atoms with van der Waals surface area (Å²) >= 11 is 0. The van der Waals surface area contributed by atoms with Gasteiger partial charge in [0.05, 0.1) is 0 Å². The van der Waals surface area contributed by atoms with Gasteiger partial charge in [-0.05, 0) is 37.1 Å². The smallest absolute Gasteiger partial charge is 0.257 e. The molecule has 0 atom stereocenters. The Morgan fingerprint density at radius 1 is 1.37 bits per heavy atom. The molecule has 0 amide bonds. The van der Waals surface area contributed by atoms with Crippen molar-refractivity contribution in [3.63, 3.8) is 0 Å². The molecule has 0 aliphatic carbocycles. The van der Waals surface area contributed by atoms with Crippen LogP contribution in [0.4, 0.5) is 4.39 Å². The van der Waals surface area contributed by atoms with E-state index >= 15 is 0 Å². The Bertz CT molecular complexity index is 723. The van der Waals surface area contributed by atoms with E-state index in [1.54, 1.807) is 24.5 Å². The Labute approximate surface area is 110 Å². The van der Waals surface area contributed by atoms with Gasteiger partial charge in [0.25, 0.3) is 10.0 Å². The monoisotopic (exact) mass is 283 g/mol. The van der Waals surface area contributed by atoms with E-state index in [1.165, 1.54) is 18.3 Å². The summed E-state index contributed by atoms with van der Waals surface area (Å²) in [5, 5.41) is 4.87. The lowest BCUT2D eigenvalue weighted by atomic mass is 10.1. The van der Waals surface area contributed by atoms with Crippen LogP contribution in [0.2, 0.25) is 0 Å². The molecule has 0 unspecified atom stereocenters. The molecule has 0 saturated heterocycles. The van der Waals surface area contributed by atoms with Crippen molar-refractivity contribution in [1.82, 2.24) is 9.55 Å². The van der Waals surface area contributed by atoms with Gasteiger partial charge in [0.15, 0.2) is 5.03 Å². The Morgan fingerprint density at radius 3 is 2.58 bits per heavy atom. The SMILES string of the molecule is Cc1cc(F)ccc1Cn1cc(S(N)(=O)=O)nc1C. The van der Waals surface area contributed by atoms with Crippen molar-refractivity contribution in [1.29, 1.82) is 0 Å². The molecule has 1 aromatic heterocycles. The molecule has 19 heavy (non-hydrogen) atoms. The van der Waals surface area contributed by atoms with Crippen molar-refractivity contribution in [3.05, 3.63) is 47.2 Å². The fourth-order valence-corrected chi connectivity index (χ4v) is 2.33. The first-order valence-corrected chi connectivity index (χ1v) is 7.13. The maximum absolute atomic E-state index is 13.0. The Balaban J connectivity index is 2.36. The van der Waals surface area contributed by atoms with E-state index in [9.17, 15) is 12.8 Å². The van der Waals surface area contributed by atoms with Crippen LogP contribution in [0, 0.1) is 19.7 Å². The average molecular weight is 283 g/mol.